The molecule has 112 valence electrons. The van der Waals surface area contributed by atoms with Gasteiger partial charge in [0.05, 0.1) is 7.11 Å². The van der Waals surface area contributed by atoms with E-state index in [9.17, 15) is 10.1 Å². The van der Waals surface area contributed by atoms with Gasteiger partial charge >= 0.3 is 6.04 Å². The van der Waals surface area contributed by atoms with Gasteiger partial charge in [0.25, 0.3) is 0 Å². The Morgan fingerprint density at radius 1 is 1.14 bits per heavy atom. The molecule has 1 heterocycles. The Labute approximate surface area is 127 Å². The predicted molar refractivity (Wildman–Crippen MR) is 80.6 cm³/mol. The Bertz CT molecular complexity index is 698. The molecule has 1 aliphatic rings. The fraction of sp³-hybridized carbons (Fsp3) is 0.188. The minimum Gasteiger partial charge on any atom is -0.497 e. The highest BCUT2D eigenvalue weighted by atomic mass is 16.7. The number of oxime groups is 1. The zero-order valence-electron chi connectivity index (χ0n) is 11.9. The molecule has 2 aromatic rings. The van der Waals surface area contributed by atoms with Gasteiger partial charge in [-0.1, -0.05) is 35.5 Å². The fourth-order valence-corrected chi connectivity index (χ4v) is 2.45. The molecule has 0 saturated heterocycles. The molecule has 1 aliphatic heterocycles. The van der Waals surface area contributed by atoms with Gasteiger partial charge in [0.1, 0.15) is 5.75 Å². The summed E-state index contributed by atoms with van der Waals surface area (Å²) >= 11 is 0. The maximum absolute atomic E-state index is 11.5. The first kappa shape index (κ1) is 14.1. The quantitative estimate of drug-likeness (QED) is 0.642. The molecule has 6 heteroatoms. The van der Waals surface area contributed by atoms with Gasteiger partial charge in [-0.25, -0.2) is 0 Å². The van der Waals surface area contributed by atoms with Crippen molar-refractivity contribution in [2.45, 2.75) is 12.1 Å². The van der Waals surface area contributed by atoms with Crippen molar-refractivity contribution in [1.82, 2.24) is 0 Å². The summed E-state index contributed by atoms with van der Waals surface area (Å²) in [5, 5.41) is 15.5. The molecule has 0 saturated carbocycles. The van der Waals surface area contributed by atoms with Gasteiger partial charge in [-0.05, 0) is 24.3 Å². The number of ether oxygens (including phenoxy) is 1. The summed E-state index contributed by atoms with van der Waals surface area (Å²) in [5.41, 5.74) is 1.71. The van der Waals surface area contributed by atoms with Gasteiger partial charge in [0.2, 0.25) is 6.10 Å². The molecular formula is C16H14N2O4. The lowest BCUT2D eigenvalue weighted by molar-refractivity contribution is -0.512. The van der Waals surface area contributed by atoms with Crippen LogP contribution in [0.4, 0.5) is 0 Å². The van der Waals surface area contributed by atoms with Crippen LogP contribution in [0.2, 0.25) is 0 Å². The average molecular weight is 298 g/mol. The van der Waals surface area contributed by atoms with Crippen LogP contribution < -0.4 is 4.74 Å². The van der Waals surface area contributed by atoms with Crippen molar-refractivity contribution in [3.63, 3.8) is 0 Å². The highest BCUT2D eigenvalue weighted by molar-refractivity contribution is 6.04. The zero-order chi connectivity index (χ0) is 15.5. The second kappa shape index (κ2) is 5.85. The molecule has 0 bridgehead atoms. The highest BCUT2D eigenvalue weighted by Gasteiger charge is 2.45. The van der Waals surface area contributed by atoms with Crippen molar-refractivity contribution in [3.05, 3.63) is 75.8 Å². The van der Waals surface area contributed by atoms with E-state index < -0.39 is 12.1 Å². The zero-order valence-corrected chi connectivity index (χ0v) is 11.9. The Morgan fingerprint density at radius 2 is 1.82 bits per heavy atom. The fourth-order valence-electron chi connectivity index (χ4n) is 2.45. The summed E-state index contributed by atoms with van der Waals surface area (Å²) in [7, 11) is 1.57. The molecule has 2 atom stereocenters. The van der Waals surface area contributed by atoms with Gasteiger partial charge in [-0.3, -0.25) is 10.1 Å². The second-order valence-electron chi connectivity index (χ2n) is 4.87. The summed E-state index contributed by atoms with van der Waals surface area (Å²) in [5.74, 6) is 0.681. The van der Waals surface area contributed by atoms with E-state index in [4.69, 9.17) is 9.57 Å². The lowest BCUT2D eigenvalue weighted by atomic mass is 9.95. The molecule has 0 radical (unpaired) electrons. The van der Waals surface area contributed by atoms with Gasteiger partial charge in [0, 0.05) is 16.1 Å². The SMILES string of the molecule is COc1ccc(C2=NOC(c3ccccc3)C2[N+](=O)[O-])cc1. The van der Waals surface area contributed by atoms with Gasteiger partial charge in [-0.2, -0.15) is 0 Å². The number of hydrogen-bond acceptors (Lipinski definition) is 5. The number of hydrogen-bond donors (Lipinski definition) is 0. The molecule has 0 aromatic heterocycles. The maximum Gasteiger partial charge on any atom is 0.301 e. The number of rotatable bonds is 4. The molecule has 0 spiro atoms. The first-order valence-corrected chi connectivity index (χ1v) is 6.77. The smallest absolute Gasteiger partial charge is 0.301 e. The number of nitro groups is 1. The maximum atomic E-state index is 11.5. The van der Waals surface area contributed by atoms with Crippen molar-refractivity contribution in [2.24, 2.45) is 5.16 Å². The topological polar surface area (TPSA) is 74.0 Å². The lowest BCUT2D eigenvalue weighted by Gasteiger charge is -2.12. The van der Waals surface area contributed by atoms with Crippen LogP contribution in [0.3, 0.4) is 0 Å². The van der Waals surface area contributed by atoms with Crippen LogP contribution in [0.25, 0.3) is 0 Å². The van der Waals surface area contributed by atoms with Gasteiger partial charge in [0.15, 0.2) is 5.71 Å². The van der Waals surface area contributed by atoms with Gasteiger partial charge < -0.3 is 9.57 Å². The molecule has 6 nitrogen and oxygen atoms in total. The number of methoxy groups -OCH3 is 1. The molecule has 0 amide bonds. The van der Waals surface area contributed by atoms with E-state index in [-0.39, 0.29) is 4.92 Å². The summed E-state index contributed by atoms with van der Waals surface area (Å²) in [4.78, 5) is 16.5. The molecular weight excluding hydrogens is 284 g/mol. The van der Waals surface area contributed by atoms with E-state index in [1.54, 1.807) is 43.5 Å². The molecule has 2 aromatic carbocycles. The molecule has 3 rings (SSSR count). The van der Waals surface area contributed by atoms with Crippen LogP contribution in [0.5, 0.6) is 5.75 Å². The largest absolute Gasteiger partial charge is 0.497 e. The van der Waals surface area contributed by atoms with Crippen LogP contribution in [0.15, 0.2) is 59.8 Å². The van der Waals surface area contributed by atoms with E-state index in [1.165, 1.54) is 0 Å². The van der Waals surface area contributed by atoms with E-state index >= 15 is 0 Å². The van der Waals surface area contributed by atoms with E-state index in [0.717, 1.165) is 5.56 Å². The lowest BCUT2D eigenvalue weighted by Crippen LogP contribution is -2.32. The normalized spacial score (nSPS) is 20.1. The van der Waals surface area contributed by atoms with Crippen LogP contribution in [-0.2, 0) is 4.84 Å². The first-order valence-electron chi connectivity index (χ1n) is 6.77. The summed E-state index contributed by atoms with van der Waals surface area (Å²) in [6, 6.07) is 15.0. The van der Waals surface area contributed by atoms with E-state index in [0.29, 0.717) is 17.0 Å². The summed E-state index contributed by atoms with van der Waals surface area (Å²) < 4.78 is 5.09. The Balaban J connectivity index is 1.93. The van der Waals surface area contributed by atoms with Crippen LogP contribution in [-0.4, -0.2) is 23.8 Å². The number of nitrogens with zero attached hydrogens (tertiary/aromatic N) is 2. The van der Waals surface area contributed by atoms with Gasteiger partial charge in [-0.15, -0.1) is 0 Å². The Kier molecular flexibility index (Phi) is 3.74. The van der Waals surface area contributed by atoms with Crippen molar-refractivity contribution in [2.75, 3.05) is 7.11 Å². The second-order valence-corrected chi connectivity index (χ2v) is 4.87. The third-order valence-electron chi connectivity index (χ3n) is 3.57. The molecule has 0 fully saturated rings. The van der Waals surface area contributed by atoms with E-state index in [1.807, 2.05) is 18.2 Å². The monoisotopic (exact) mass is 298 g/mol. The van der Waals surface area contributed by atoms with Crippen molar-refractivity contribution < 1.29 is 14.5 Å². The van der Waals surface area contributed by atoms with Crippen LogP contribution >= 0.6 is 0 Å². The third-order valence-corrected chi connectivity index (χ3v) is 3.57. The molecule has 22 heavy (non-hydrogen) atoms. The van der Waals surface area contributed by atoms with Crippen molar-refractivity contribution in [1.29, 1.82) is 0 Å². The molecule has 2 unspecified atom stereocenters. The summed E-state index contributed by atoms with van der Waals surface area (Å²) in [6.45, 7) is 0. The third kappa shape index (κ3) is 2.50. The minimum absolute atomic E-state index is 0.321. The standard InChI is InChI=1S/C16H14N2O4/c1-21-13-9-7-11(8-10-13)14-15(18(19)20)16(22-17-14)12-5-3-2-4-6-12/h2-10,15-16H,1H3. The molecule has 0 N–H and O–H groups in total. The van der Waals surface area contributed by atoms with Crippen LogP contribution in [0.1, 0.15) is 17.2 Å². The van der Waals surface area contributed by atoms with E-state index in [2.05, 4.69) is 5.16 Å². The van der Waals surface area contributed by atoms with Crippen LogP contribution in [0, 0.1) is 10.1 Å². The Morgan fingerprint density at radius 3 is 2.41 bits per heavy atom. The first-order chi connectivity index (χ1) is 10.7. The summed E-state index contributed by atoms with van der Waals surface area (Å²) in [6.07, 6.45) is -0.715. The predicted octanol–water partition coefficient (Wildman–Crippen LogP) is 2.82. The molecule has 0 aliphatic carbocycles. The van der Waals surface area contributed by atoms with Crippen molar-refractivity contribution >= 4 is 5.71 Å². The van der Waals surface area contributed by atoms with Crippen molar-refractivity contribution in [3.8, 4) is 5.75 Å². The minimum atomic E-state index is -1.03. The average Bonchev–Trinajstić information content (AvgIpc) is 3.01. The highest BCUT2D eigenvalue weighted by Crippen LogP contribution is 2.32. The number of benzene rings is 2. The Hall–Kier alpha value is -2.89.